The Bertz CT molecular complexity index is 1150. The summed E-state index contributed by atoms with van der Waals surface area (Å²) in [5.41, 5.74) is 3.26. The second kappa shape index (κ2) is 7.59. The largest absolute Gasteiger partial charge is 0.548 e. The first-order valence-electron chi connectivity index (χ1n) is 9.06. The van der Waals surface area contributed by atoms with Crippen molar-refractivity contribution in [2.45, 2.75) is 12.5 Å². The fourth-order valence-corrected chi connectivity index (χ4v) is 3.15. The summed E-state index contributed by atoms with van der Waals surface area (Å²) in [6.07, 6.45) is -0.0217. The number of aromatic nitrogens is 4. The molecule has 0 aliphatic carbocycles. The van der Waals surface area contributed by atoms with Crippen LogP contribution >= 0.6 is 0 Å². The van der Waals surface area contributed by atoms with Crippen LogP contribution in [0.25, 0.3) is 22.3 Å². The lowest BCUT2D eigenvalue weighted by Crippen LogP contribution is -2.49. The van der Waals surface area contributed by atoms with Crippen molar-refractivity contribution in [3.05, 3.63) is 72.2 Å². The molecule has 146 valence electrons. The first-order valence-corrected chi connectivity index (χ1v) is 9.06. The van der Waals surface area contributed by atoms with Crippen LogP contribution in [0, 0.1) is 0 Å². The minimum atomic E-state index is -1.38. The number of amides is 1. The van der Waals surface area contributed by atoms with Gasteiger partial charge in [-0.2, -0.15) is 5.10 Å². The molecule has 0 saturated heterocycles. The summed E-state index contributed by atoms with van der Waals surface area (Å²) >= 11 is 0. The average Bonchev–Trinajstić information content (AvgIpc) is 3.31. The number of carbonyl (C=O) groups is 2. The van der Waals surface area contributed by atoms with Crippen LogP contribution in [0.15, 0.2) is 60.7 Å². The number of hydrogen-bond acceptors (Lipinski definition) is 5. The number of H-pyrrole nitrogens is 1. The summed E-state index contributed by atoms with van der Waals surface area (Å²) < 4.78 is 1.42. The topological polar surface area (TPSA) is 116 Å². The van der Waals surface area contributed by atoms with Crippen molar-refractivity contribution in [1.29, 1.82) is 0 Å². The van der Waals surface area contributed by atoms with Crippen molar-refractivity contribution < 1.29 is 14.7 Å². The van der Waals surface area contributed by atoms with E-state index in [2.05, 4.69) is 20.4 Å². The number of carboxylic acid groups (broad SMARTS) is 1. The number of nitrogens with one attached hydrogen (secondary N) is 2. The summed E-state index contributed by atoms with van der Waals surface area (Å²) in [6, 6.07) is 17.2. The van der Waals surface area contributed by atoms with Crippen LogP contribution < -0.4 is 10.4 Å². The number of rotatable bonds is 6. The monoisotopic (exact) mass is 388 g/mol. The Morgan fingerprint density at radius 1 is 1.14 bits per heavy atom. The quantitative estimate of drug-likeness (QED) is 0.512. The molecular formula is C21H18N5O3-. The zero-order valence-electron chi connectivity index (χ0n) is 15.6. The number of hydrogen-bond donors (Lipinski definition) is 2. The summed E-state index contributed by atoms with van der Waals surface area (Å²) in [6.45, 7) is 0. The van der Waals surface area contributed by atoms with Crippen LogP contribution in [0.3, 0.4) is 0 Å². The predicted molar refractivity (Wildman–Crippen MR) is 105 cm³/mol. The highest BCUT2D eigenvalue weighted by molar-refractivity contribution is 5.96. The molecule has 1 atom stereocenters. The minimum Gasteiger partial charge on any atom is -0.548 e. The number of fused-ring (bicyclic) bond motifs is 1. The molecule has 0 aliphatic rings. The van der Waals surface area contributed by atoms with Gasteiger partial charge in [-0.05, 0) is 18.2 Å². The Kier molecular flexibility index (Phi) is 4.82. The smallest absolute Gasteiger partial charge is 0.270 e. The molecule has 0 radical (unpaired) electrons. The van der Waals surface area contributed by atoms with Gasteiger partial charge in [-0.3, -0.25) is 9.48 Å². The van der Waals surface area contributed by atoms with Crippen molar-refractivity contribution in [2.75, 3.05) is 0 Å². The number of aromatic amines is 1. The van der Waals surface area contributed by atoms with E-state index < -0.39 is 17.9 Å². The second-order valence-corrected chi connectivity index (χ2v) is 6.65. The van der Waals surface area contributed by atoms with Crippen LogP contribution in [-0.2, 0) is 18.3 Å². The minimum absolute atomic E-state index is 0.0217. The fourth-order valence-electron chi connectivity index (χ4n) is 3.15. The first-order chi connectivity index (χ1) is 14.0. The molecule has 2 N–H and O–H groups in total. The van der Waals surface area contributed by atoms with Crippen LogP contribution in [0.2, 0.25) is 0 Å². The number of para-hydroxylation sites is 2. The Hall–Kier alpha value is -3.94. The van der Waals surface area contributed by atoms with E-state index in [9.17, 15) is 14.7 Å². The lowest BCUT2D eigenvalue weighted by atomic mass is 10.1. The van der Waals surface area contributed by atoms with Gasteiger partial charge in [0.15, 0.2) is 0 Å². The van der Waals surface area contributed by atoms with Crippen molar-refractivity contribution >= 4 is 22.9 Å². The number of imidazole rings is 1. The van der Waals surface area contributed by atoms with Gasteiger partial charge in [0, 0.05) is 19.0 Å². The standard InChI is InChI=1S/C21H19N5O3/c1-26-18(11-16(25-26)13-7-3-2-4-8-13)20(27)24-17(21(28)29)12-19-22-14-9-5-6-10-15(14)23-19/h2-11,17H,12H2,1H3,(H,22,23)(H,24,27)(H,28,29)/p-1/t17-/m1/s1. The SMILES string of the molecule is Cn1nc(-c2ccccc2)cc1C(=O)N[C@H](Cc1nc2ccccc2[nH]1)C(=O)[O-]. The van der Waals surface area contributed by atoms with Gasteiger partial charge in [0.2, 0.25) is 0 Å². The third-order valence-electron chi connectivity index (χ3n) is 4.61. The normalized spacial score (nSPS) is 12.0. The van der Waals surface area contributed by atoms with E-state index in [-0.39, 0.29) is 12.1 Å². The van der Waals surface area contributed by atoms with Crippen molar-refractivity contribution in [2.24, 2.45) is 7.05 Å². The molecule has 0 bridgehead atoms. The summed E-state index contributed by atoms with van der Waals surface area (Å²) in [7, 11) is 1.63. The van der Waals surface area contributed by atoms with Crippen LogP contribution in [0.4, 0.5) is 0 Å². The van der Waals surface area contributed by atoms with Crippen LogP contribution in [0.5, 0.6) is 0 Å². The molecule has 0 saturated carbocycles. The van der Waals surface area contributed by atoms with E-state index in [1.807, 2.05) is 54.6 Å². The Morgan fingerprint density at radius 2 is 1.86 bits per heavy atom. The maximum atomic E-state index is 12.7. The molecule has 1 amide bonds. The van der Waals surface area contributed by atoms with E-state index in [0.717, 1.165) is 16.6 Å². The van der Waals surface area contributed by atoms with E-state index >= 15 is 0 Å². The van der Waals surface area contributed by atoms with Gasteiger partial charge in [0.05, 0.1) is 28.7 Å². The molecular weight excluding hydrogens is 370 g/mol. The number of carboxylic acids is 1. The third kappa shape index (κ3) is 3.86. The summed E-state index contributed by atoms with van der Waals surface area (Å²) in [5, 5.41) is 18.5. The number of nitrogens with zero attached hydrogens (tertiary/aromatic N) is 3. The molecule has 8 nitrogen and oxygen atoms in total. The maximum absolute atomic E-state index is 12.7. The molecule has 2 aromatic heterocycles. The van der Waals surface area contributed by atoms with Gasteiger partial charge in [-0.15, -0.1) is 0 Å². The highest BCUT2D eigenvalue weighted by Gasteiger charge is 2.20. The Balaban J connectivity index is 1.53. The van der Waals surface area contributed by atoms with Crippen molar-refractivity contribution in [3.8, 4) is 11.3 Å². The first kappa shape index (κ1) is 18.4. The van der Waals surface area contributed by atoms with Crippen LogP contribution in [0.1, 0.15) is 16.3 Å². The van der Waals surface area contributed by atoms with Gasteiger partial charge in [-0.1, -0.05) is 42.5 Å². The molecule has 0 spiro atoms. The van der Waals surface area contributed by atoms with Gasteiger partial charge >= 0.3 is 0 Å². The summed E-state index contributed by atoms with van der Waals surface area (Å²) in [4.78, 5) is 31.7. The lowest BCUT2D eigenvalue weighted by molar-refractivity contribution is -0.308. The molecule has 8 heteroatoms. The van der Waals surface area contributed by atoms with E-state index in [0.29, 0.717) is 11.5 Å². The molecule has 0 fully saturated rings. The Morgan fingerprint density at radius 3 is 2.59 bits per heavy atom. The van der Waals surface area contributed by atoms with E-state index in [4.69, 9.17) is 0 Å². The number of aliphatic carboxylic acids is 1. The van der Waals surface area contributed by atoms with Crippen LogP contribution in [-0.4, -0.2) is 37.7 Å². The zero-order valence-corrected chi connectivity index (χ0v) is 15.6. The highest BCUT2D eigenvalue weighted by atomic mass is 16.4. The molecule has 0 aliphatic heterocycles. The zero-order chi connectivity index (χ0) is 20.4. The van der Waals surface area contributed by atoms with Gasteiger partial charge in [0.1, 0.15) is 11.5 Å². The van der Waals surface area contributed by atoms with Gasteiger partial charge < -0.3 is 20.2 Å². The highest BCUT2D eigenvalue weighted by Crippen LogP contribution is 2.18. The molecule has 29 heavy (non-hydrogen) atoms. The number of aryl methyl sites for hydroxylation is 1. The molecule has 0 unspecified atom stereocenters. The number of benzene rings is 2. The van der Waals surface area contributed by atoms with E-state index in [1.165, 1.54) is 4.68 Å². The molecule has 2 heterocycles. The van der Waals surface area contributed by atoms with Gasteiger partial charge in [-0.25, -0.2) is 4.98 Å². The second-order valence-electron chi connectivity index (χ2n) is 6.65. The summed E-state index contributed by atoms with van der Waals surface area (Å²) in [5.74, 6) is -1.48. The van der Waals surface area contributed by atoms with Crippen molar-refractivity contribution in [3.63, 3.8) is 0 Å². The maximum Gasteiger partial charge on any atom is 0.270 e. The van der Waals surface area contributed by atoms with Crippen molar-refractivity contribution in [1.82, 2.24) is 25.1 Å². The molecule has 4 aromatic rings. The van der Waals surface area contributed by atoms with E-state index in [1.54, 1.807) is 13.1 Å². The lowest BCUT2D eigenvalue weighted by Gasteiger charge is -2.18. The third-order valence-corrected chi connectivity index (χ3v) is 4.61. The predicted octanol–water partition coefficient (Wildman–Crippen LogP) is 1.05. The van der Waals surface area contributed by atoms with Gasteiger partial charge in [0.25, 0.3) is 5.91 Å². The average molecular weight is 388 g/mol. The Labute approximate surface area is 166 Å². The number of carbonyl (C=O) groups excluding carboxylic acids is 2. The molecule has 4 rings (SSSR count). The fraction of sp³-hybridized carbons (Fsp3) is 0.143. The molecule has 2 aromatic carbocycles.